The second-order valence-corrected chi connectivity index (χ2v) is 6.93. The van der Waals surface area contributed by atoms with Crippen LogP contribution in [-0.4, -0.2) is 44.7 Å². The van der Waals surface area contributed by atoms with Crippen LogP contribution in [0.5, 0.6) is 11.5 Å². The van der Waals surface area contributed by atoms with Gasteiger partial charge in [-0.25, -0.2) is 0 Å². The Balaban J connectivity index is 1.55. The van der Waals surface area contributed by atoms with Gasteiger partial charge in [-0.2, -0.15) is 0 Å². The minimum absolute atomic E-state index is 0.0280. The van der Waals surface area contributed by atoms with Gasteiger partial charge in [0.25, 0.3) is 5.91 Å². The smallest absolute Gasteiger partial charge is 0.258 e. The monoisotopic (exact) mass is 374 g/mol. The van der Waals surface area contributed by atoms with Crippen LogP contribution in [0.4, 0.5) is 0 Å². The summed E-state index contributed by atoms with van der Waals surface area (Å²) in [4.78, 5) is 14.2. The highest BCUT2D eigenvalue weighted by molar-refractivity contribution is 6.30. The van der Waals surface area contributed by atoms with Gasteiger partial charge in [-0.05, 0) is 55.6 Å². The van der Waals surface area contributed by atoms with Gasteiger partial charge in [-0.1, -0.05) is 23.7 Å². The highest BCUT2D eigenvalue weighted by atomic mass is 35.5. The summed E-state index contributed by atoms with van der Waals surface area (Å²) < 4.78 is 11.0. The molecule has 6 heteroatoms. The van der Waals surface area contributed by atoms with Crippen LogP contribution in [0.1, 0.15) is 17.2 Å². The lowest BCUT2D eigenvalue weighted by Gasteiger charge is -2.25. The van der Waals surface area contributed by atoms with Gasteiger partial charge in [0.15, 0.2) is 6.61 Å². The number of carbonyl (C=O) groups excluding carboxylic acids is 1. The third-order valence-corrected chi connectivity index (χ3v) is 4.65. The molecule has 0 fully saturated rings. The molecule has 26 heavy (non-hydrogen) atoms. The fraction of sp³-hybridized carbons (Fsp3) is 0.350. The lowest BCUT2D eigenvalue weighted by molar-refractivity contribution is -0.123. The second kappa shape index (κ2) is 8.43. The standard InChI is InChI=1S/C20H23ClN2O3/c1-23(2)18(14-3-8-19-15(11-14)9-10-25-19)12-22-20(24)13-26-17-6-4-16(21)5-7-17/h3-8,11,18H,9-10,12-13H2,1-2H3,(H,22,24). The Hall–Kier alpha value is -2.24. The zero-order valence-corrected chi connectivity index (χ0v) is 15.8. The van der Waals surface area contributed by atoms with Crippen LogP contribution in [0, 0.1) is 0 Å². The topological polar surface area (TPSA) is 50.8 Å². The molecule has 1 N–H and O–H groups in total. The first-order valence-corrected chi connectivity index (χ1v) is 8.98. The molecule has 0 aromatic heterocycles. The van der Waals surface area contributed by atoms with Crippen LogP contribution < -0.4 is 14.8 Å². The van der Waals surface area contributed by atoms with Gasteiger partial charge in [-0.15, -0.1) is 0 Å². The summed E-state index contributed by atoms with van der Waals surface area (Å²) in [6.45, 7) is 1.22. The first kappa shape index (κ1) is 18.5. The van der Waals surface area contributed by atoms with Crippen LogP contribution in [-0.2, 0) is 11.2 Å². The van der Waals surface area contributed by atoms with E-state index < -0.39 is 0 Å². The fourth-order valence-corrected chi connectivity index (χ4v) is 3.08. The summed E-state index contributed by atoms with van der Waals surface area (Å²) in [7, 11) is 4.01. The molecule has 5 nitrogen and oxygen atoms in total. The van der Waals surface area contributed by atoms with Crippen molar-refractivity contribution in [2.75, 3.05) is 33.9 Å². The molecule has 0 saturated heterocycles. The van der Waals surface area contributed by atoms with Crippen molar-refractivity contribution in [2.45, 2.75) is 12.5 Å². The second-order valence-electron chi connectivity index (χ2n) is 6.49. The molecule has 1 aliphatic heterocycles. The zero-order valence-electron chi connectivity index (χ0n) is 15.0. The van der Waals surface area contributed by atoms with E-state index in [1.54, 1.807) is 24.3 Å². The summed E-state index contributed by atoms with van der Waals surface area (Å²) in [6, 6.07) is 13.3. The van der Waals surface area contributed by atoms with E-state index in [2.05, 4.69) is 22.3 Å². The van der Waals surface area contributed by atoms with Gasteiger partial charge in [-0.3, -0.25) is 4.79 Å². The first-order valence-electron chi connectivity index (χ1n) is 8.60. The number of likely N-dealkylation sites (N-methyl/N-ethyl adjacent to an activating group) is 1. The molecule has 1 amide bonds. The molecular weight excluding hydrogens is 352 g/mol. The summed E-state index contributed by atoms with van der Waals surface area (Å²) in [5.74, 6) is 1.43. The normalized spacial score (nSPS) is 13.8. The minimum atomic E-state index is -0.156. The molecule has 2 aromatic carbocycles. The number of ether oxygens (including phenoxy) is 2. The van der Waals surface area contributed by atoms with Crippen molar-refractivity contribution in [1.82, 2.24) is 10.2 Å². The van der Waals surface area contributed by atoms with Gasteiger partial charge in [0.1, 0.15) is 11.5 Å². The number of benzene rings is 2. The van der Waals surface area contributed by atoms with E-state index >= 15 is 0 Å². The maximum Gasteiger partial charge on any atom is 0.258 e. The summed E-state index contributed by atoms with van der Waals surface area (Å²) in [5, 5.41) is 3.58. The van der Waals surface area contributed by atoms with Crippen LogP contribution in [0.2, 0.25) is 5.02 Å². The van der Waals surface area contributed by atoms with E-state index in [1.165, 1.54) is 5.56 Å². The van der Waals surface area contributed by atoms with Crippen LogP contribution in [0.15, 0.2) is 42.5 Å². The third kappa shape index (κ3) is 4.68. The maximum absolute atomic E-state index is 12.1. The van der Waals surface area contributed by atoms with Crippen molar-refractivity contribution < 1.29 is 14.3 Å². The molecule has 0 radical (unpaired) electrons. The lowest BCUT2D eigenvalue weighted by atomic mass is 10.0. The first-order chi connectivity index (χ1) is 12.5. The lowest BCUT2D eigenvalue weighted by Crippen LogP contribution is -2.36. The molecule has 0 saturated carbocycles. The molecule has 0 aliphatic carbocycles. The van der Waals surface area contributed by atoms with Gasteiger partial charge < -0.3 is 19.7 Å². The number of rotatable bonds is 7. The molecular formula is C20H23ClN2O3. The van der Waals surface area contributed by atoms with Crippen LogP contribution >= 0.6 is 11.6 Å². The Morgan fingerprint density at radius 2 is 2.04 bits per heavy atom. The average Bonchev–Trinajstić information content (AvgIpc) is 3.09. The van der Waals surface area contributed by atoms with Crippen molar-refractivity contribution in [3.05, 3.63) is 58.6 Å². The quantitative estimate of drug-likeness (QED) is 0.809. The summed E-state index contributed by atoms with van der Waals surface area (Å²) >= 11 is 5.83. The molecule has 138 valence electrons. The number of halogens is 1. The van der Waals surface area contributed by atoms with Crippen molar-refractivity contribution in [3.8, 4) is 11.5 Å². The van der Waals surface area contributed by atoms with E-state index in [0.717, 1.165) is 24.3 Å². The molecule has 1 atom stereocenters. The molecule has 0 spiro atoms. The van der Waals surface area contributed by atoms with Crippen LogP contribution in [0.25, 0.3) is 0 Å². The molecule has 1 aliphatic rings. The summed E-state index contributed by atoms with van der Waals surface area (Å²) in [5.41, 5.74) is 2.39. The van der Waals surface area contributed by atoms with Crippen LogP contribution in [0.3, 0.4) is 0 Å². The number of hydrogen-bond donors (Lipinski definition) is 1. The molecule has 3 rings (SSSR count). The Labute approximate surface area is 158 Å². The number of carbonyl (C=O) groups is 1. The summed E-state index contributed by atoms with van der Waals surface area (Å²) in [6.07, 6.45) is 0.935. The fourth-order valence-electron chi connectivity index (χ4n) is 2.95. The van der Waals surface area contributed by atoms with E-state index in [4.69, 9.17) is 21.1 Å². The Morgan fingerprint density at radius 3 is 2.77 bits per heavy atom. The van der Waals surface area contributed by atoms with Gasteiger partial charge in [0, 0.05) is 18.0 Å². The maximum atomic E-state index is 12.1. The van der Waals surface area contributed by atoms with Crippen molar-refractivity contribution in [3.63, 3.8) is 0 Å². The van der Waals surface area contributed by atoms with E-state index in [-0.39, 0.29) is 18.6 Å². The van der Waals surface area contributed by atoms with Gasteiger partial charge in [0.05, 0.1) is 12.6 Å². The van der Waals surface area contributed by atoms with Gasteiger partial charge >= 0.3 is 0 Å². The highest BCUT2D eigenvalue weighted by Gasteiger charge is 2.19. The Bertz CT molecular complexity index is 762. The third-order valence-electron chi connectivity index (χ3n) is 4.40. The Kier molecular flexibility index (Phi) is 6.01. The van der Waals surface area contributed by atoms with E-state index in [9.17, 15) is 4.79 Å². The number of nitrogens with one attached hydrogen (secondary N) is 1. The molecule has 1 heterocycles. The molecule has 1 unspecified atom stereocenters. The number of nitrogens with zero attached hydrogens (tertiary/aromatic N) is 1. The van der Waals surface area contributed by atoms with Crippen molar-refractivity contribution in [1.29, 1.82) is 0 Å². The highest BCUT2D eigenvalue weighted by Crippen LogP contribution is 2.29. The van der Waals surface area contributed by atoms with Gasteiger partial charge in [0.2, 0.25) is 0 Å². The zero-order chi connectivity index (χ0) is 18.5. The average molecular weight is 375 g/mol. The number of fused-ring (bicyclic) bond motifs is 1. The SMILES string of the molecule is CN(C)C(CNC(=O)COc1ccc(Cl)cc1)c1ccc2c(c1)CCO2. The number of hydrogen-bond acceptors (Lipinski definition) is 4. The predicted molar refractivity (Wildman–Crippen MR) is 102 cm³/mol. The Morgan fingerprint density at radius 1 is 1.27 bits per heavy atom. The molecule has 2 aromatic rings. The van der Waals surface area contributed by atoms with Crippen molar-refractivity contribution >= 4 is 17.5 Å². The van der Waals surface area contributed by atoms with E-state index in [0.29, 0.717) is 17.3 Å². The van der Waals surface area contributed by atoms with E-state index in [1.807, 2.05) is 20.2 Å². The molecule has 0 bridgehead atoms. The predicted octanol–water partition coefficient (Wildman–Crippen LogP) is 3.07. The largest absolute Gasteiger partial charge is 0.493 e. The number of amides is 1. The minimum Gasteiger partial charge on any atom is -0.493 e. The van der Waals surface area contributed by atoms with Crippen molar-refractivity contribution in [2.24, 2.45) is 0 Å².